The fraction of sp³-hybridized carbons (Fsp3) is 0.625. The van der Waals surface area contributed by atoms with Crippen molar-refractivity contribution in [3.63, 3.8) is 0 Å². The molecule has 5 nitrogen and oxygen atoms in total. The van der Waals surface area contributed by atoms with Gasteiger partial charge in [0.25, 0.3) is 0 Å². The number of benzene rings is 1. The number of hydrogen-bond donors (Lipinski definition) is 1. The summed E-state index contributed by atoms with van der Waals surface area (Å²) in [6.07, 6.45) is 1.48. The summed E-state index contributed by atoms with van der Waals surface area (Å²) in [6, 6.07) is 6.61. The molecule has 0 radical (unpaired) electrons. The Bertz CT molecular complexity index is 667. The molecule has 1 aromatic carbocycles. The first kappa shape index (κ1) is 14.3. The standard InChI is InChI=1S/C16H22N2O3S/c19-22(20)9-3-16(4-10-22)12-17-15-11-13(1-2-14(15)16)18-5-7-21-8-6-18/h1-2,11,17H,3-10,12H2. The average molecular weight is 322 g/mol. The second kappa shape index (κ2) is 5.13. The zero-order valence-electron chi connectivity index (χ0n) is 12.7. The lowest BCUT2D eigenvalue weighted by molar-refractivity contribution is 0.122. The van der Waals surface area contributed by atoms with Crippen molar-refractivity contribution in [1.29, 1.82) is 0 Å². The molecule has 1 N–H and O–H groups in total. The summed E-state index contributed by atoms with van der Waals surface area (Å²) >= 11 is 0. The number of morpholine rings is 1. The lowest BCUT2D eigenvalue weighted by Gasteiger charge is -2.33. The summed E-state index contributed by atoms with van der Waals surface area (Å²) in [5.74, 6) is 0.638. The summed E-state index contributed by atoms with van der Waals surface area (Å²) in [4.78, 5) is 2.35. The molecule has 0 aromatic heterocycles. The molecule has 4 rings (SSSR count). The second-order valence-corrected chi connectivity index (χ2v) is 8.92. The van der Waals surface area contributed by atoms with Gasteiger partial charge in [-0.25, -0.2) is 8.42 Å². The third kappa shape index (κ3) is 2.38. The van der Waals surface area contributed by atoms with Crippen LogP contribution in [0.3, 0.4) is 0 Å². The van der Waals surface area contributed by atoms with Crippen molar-refractivity contribution in [2.45, 2.75) is 18.3 Å². The number of hydrogen-bond acceptors (Lipinski definition) is 5. The maximum atomic E-state index is 11.7. The van der Waals surface area contributed by atoms with Crippen LogP contribution in [0.1, 0.15) is 18.4 Å². The Hall–Kier alpha value is -1.27. The first-order valence-corrected chi connectivity index (χ1v) is 9.82. The zero-order valence-corrected chi connectivity index (χ0v) is 13.5. The first-order valence-electron chi connectivity index (χ1n) is 8.00. The van der Waals surface area contributed by atoms with Crippen LogP contribution < -0.4 is 10.2 Å². The molecule has 1 aromatic rings. The number of anilines is 2. The van der Waals surface area contributed by atoms with E-state index in [0.29, 0.717) is 11.5 Å². The number of rotatable bonds is 1. The summed E-state index contributed by atoms with van der Waals surface area (Å²) in [6.45, 7) is 4.30. The van der Waals surface area contributed by atoms with Gasteiger partial charge in [-0.05, 0) is 30.5 Å². The lowest BCUT2D eigenvalue weighted by Crippen LogP contribution is -2.38. The number of fused-ring (bicyclic) bond motifs is 2. The van der Waals surface area contributed by atoms with E-state index in [-0.39, 0.29) is 5.41 Å². The number of ether oxygens (including phenoxy) is 1. The highest BCUT2D eigenvalue weighted by Gasteiger charge is 2.43. The third-order valence-corrected chi connectivity index (χ3v) is 7.00. The average Bonchev–Trinajstić information content (AvgIpc) is 2.90. The molecule has 0 unspecified atom stereocenters. The zero-order chi connectivity index (χ0) is 15.2. The van der Waals surface area contributed by atoms with Crippen LogP contribution in [-0.2, 0) is 20.0 Å². The summed E-state index contributed by atoms with van der Waals surface area (Å²) in [5, 5.41) is 3.51. The molecular formula is C16H22N2O3S. The van der Waals surface area contributed by atoms with Crippen molar-refractivity contribution in [1.82, 2.24) is 0 Å². The van der Waals surface area contributed by atoms with Crippen LogP contribution in [-0.4, -0.2) is 52.8 Å². The summed E-state index contributed by atoms with van der Waals surface area (Å²) in [7, 11) is -2.82. The van der Waals surface area contributed by atoms with Crippen molar-refractivity contribution < 1.29 is 13.2 Å². The van der Waals surface area contributed by atoms with Gasteiger partial charge in [0.05, 0.1) is 24.7 Å². The van der Waals surface area contributed by atoms with Crippen LogP contribution in [0, 0.1) is 0 Å². The Morgan fingerprint density at radius 1 is 1.14 bits per heavy atom. The van der Waals surface area contributed by atoms with E-state index >= 15 is 0 Å². The van der Waals surface area contributed by atoms with Gasteiger partial charge in [0, 0.05) is 36.4 Å². The van der Waals surface area contributed by atoms with Gasteiger partial charge in [0.15, 0.2) is 0 Å². The molecule has 0 aliphatic carbocycles. The maximum Gasteiger partial charge on any atom is 0.150 e. The highest BCUT2D eigenvalue weighted by molar-refractivity contribution is 7.91. The topological polar surface area (TPSA) is 58.6 Å². The van der Waals surface area contributed by atoms with Gasteiger partial charge < -0.3 is 15.0 Å². The fourth-order valence-electron chi connectivity index (χ4n) is 3.89. The number of nitrogens with one attached hydrogen (secondary N) is 1. The molecular weight excluding hydrogens is 300 g/mol. The van der Waals surface area contributed by atoms with Gasteiger partial charge >= 0.3 is 0 Å². The normalized spacial score (nSPS) is 25.7. The smallest absolute Gasteiger partial charge is 0.150 e. The van der Waals surface area contributed by atoms with Crippen LogP contribution in [0.25, 0.3) is 0 Å². The van der Waals surface area contributed by atoms with Crippen molar-refractivity contribution in [3.8, 4) is 0 Å². The number of nitrogens with zero attached hydrogens (tertiary/aromatic N) is 1. The monoisotopic (exact) mass is 322 g/mol. The van der Waals surface area contributed by atoms with Crippen molar-refractivity contribution >= 4 is 21.2 Å². The van der Waals surface area contributed by atoms with Crippen molar-refractivity contribution in [2.24, 2.45) is 0 Å². The molecule has 0 bridgehead atoms. The summed E-state index contributed by atoms with van der Waals surface area (Å²) in [5.41, 5.74) is 3.74. The molecule has 0 saturated carbocycles. The van der Waals surface area contributed by atoms with Crippen LogP contribution in [0.2, 0.25) is 0 Å². The predicted octanol–water partition coefficient (Wildman–Crippen LogP) is 1.40. The Balaban J connectivity index is 1.61. The molecule has 2 saturated heterocycles. The molecule has 0 amide bonds. The van der Waals surface area contributed by atoms with Gasteiger partial charge in [-0.3, -0.25) is 0 Å². The highest BCUT2D eigenvalue weighted by atomic mass is 32.2. The summed E-state index contributed by atoms with van der Waals surface area (Å²) < 4.78 is 28.9. The van der Waals surface area contributed by atoms with Crippen molar-refractivity contribution in [3.05, 3.63) is 23.8 Å². The molecule has 3 aliphatic heterocycles. The SMILES string of the molecule is O=S1(=O)CCC2(CC1)CNc1cc(N3CCOCC3)ccc12. The van der Waals surface area contributed by atoms with Gasteiger partial charge in [0.1, 0.15) is 9.84 Å². The Morgan fingerprint density at radius 3 is 2.59 bits per heavy atom. The van der Waals surface area contributed by atoms with E-state index < -0.39 is 9.84 Å². The molecule has 3 heterocycles. The molecule has 1 spiro atoms. The second-order valence-electron chi connectivity index (χ2n) is 6.62. The quantitative estimate of drug-likeness (QED) is 0.847. The van der Waals surface area contributed by atoms with E-state index in [1.54, 1.807) is 0 Å². The highest BCUT2D eigenvalue weighted by Crippen LogP contribution is 2.45. The lowest BCUT2D eigenvalue weighted by atomic mass is 9.77. The van der Waals surface area contributed by atoms with Gasteiger partial charge in [-0.1, -0.05) is 6.07 Å². The van der Waals surface area contributed by atoms with E-state index in [1.165, 1.54) is 16.9 Å². The minimum Gasteiger partial charge on any atom is -0.384 e. The van der Waals surface area contributed by atoms with E-state index in [9.17, 15) is 8.42 Å². The molecule has 22 heavy (non-hydrogen) atoms. The Morgan fingerprint density at radius 2 is 1.86 bits per heavy atom. The Kier molecular flexibility index (Phi) is 3.34. The van der Waals surface area contributed by atoms with Crippen LogP contribution >= 0.6 is 0 Å². The fourth-order valence-corrected chi connectivity index (χ4v) is 5.50. The van der Waals surface area contributed by atoms with Crippen molar-refractivity contribution in [2.75, 3.05) is 54.6 Å². The van der Waals surface area contributed by atoms with Crippen LogP contribution in [0.4, 0.5) is 11.4 Å². The number of sulfone groups is 1. The first-order chi connectivity index (χ1) is 10.6. The van der Waals surface area contributed by atoms with Gasteiger partial charge in [-0.15, -0.1) is 0 Å². The van der Waals surface area contributed by atoms with E-state index in [1.807, 2.05) is 0 Å². The molecule has 2 fully saturated rings. The van der Waals surface area contributed by atoms with E-state index in [2.05, 4.69) is 28.4 Å². The van der Waals surface area contributed by atoms with Crippen LogP contribution in [0.5, 0.6) is 0 Å². The molecule has 3 aliphatic rings. The van der Waals surface area contributed by atoms with Gasteiger partial charge in [-0.2, -0.15) is 0 Å². The molecule has 0 atom stereocenters. The molecule has 120 valence electrons. The maximum absolute atomic E-state index is 11.7. The minimum atomic E-state index is -2.82. The van der Waals surface area contributed by atoms with Gasteiger partial charge in [0.2, 0.25) is 0 Å². The minimum absolute atomic E-state index is 0.0180. The largest absolute Gasteiger partial charge is 0.384 e. The molecule has 6 heteroatoms. The van der Waals surface area contributed by atoms with Crippen LogP contribution in [0.15, 0.2) is 18.2 Å². The third-order valence-electron chi connectivity index (χ3n) is 5.35. The van der Waals surface area contributed by atoms with E-state index in [0.717, 1.165) is 45.7 Å². The predicted molar refractivity (Wildman–Crippen MR) is 87.5 cm³/mol. The Labute approximate surface area is 131 Å². The van der Waals surface area contributed by atoms with E-state index in [4.69, 9.17) is 4.74 Å².